The van der Waals surface area contributed by atoms with Crippen LogP contribution >= 0.6 is 23.1 Å². The van der Waals surface area contributed by atoms with E-state index in [0.717, 1.165) is 35.9 Å². The van der Waals surface area contributed by atoms with Gasteiger partial charge in [0.1, 0.15) is 4.83 Å². The number of nitrogens with one attached hydrogen (secondary N) is 2. The minimum Gasteiger partial charge on any atom is -0.341 e. The predicted molar refractivity (Wildman–Crippen MR) is 99.5 cm³/mol. The average Bonchev–Trinajstić information content (AvgIpc) is 2.98. The molecule has 0 saturated carbocycles. The Morgan fingerprint density at radius 1 is 1.32 bits per heavy atom. The van der Waals surface area contributed by atoms with E-state index in [1.165, 1.54) is 29.3 Å². The number of fused-ring (bicyclic) bond motifs is 3. The van der Waals surface area contributed by atoms with Gasteiger partial charge < -0.3 is 5.32 Å². The zero-order valence-corrected chi connectivity index (χ0v) is 15.8. The third-order valence-electron chi connectivity index (χ3n) is 4.17. The van der Waals surface area contributed by atoms with Crippen LogP contribution in [-0.4, -0.2) is 34.3 Å². The van der Waals surface area contributed by atoms with Crippen LogP contribution in [0.3, 0.4) is 0 Å². The zero-order chi connectivity index (χ0) is 18.0. The van der Waals surface area contributed by atoms with Gasteiger partial charge in [0.2, 0.25) is 5.91 Å². The molecule has 0 bridgehead atoms. The molecule has 2 N–H and O–H groups in total. The lowest BCUT2D eigenvalue weighted by Crippen LogP contribution is -2.38. The third kappa shape index (κ3) is 3.57. The number of rotatable bonds is 4. The van der Waals surface area contributed by atoms with E-state index in [9.17, 15) is 14.4 Å². The highest BCUT2D eigenvalue weighted by Gasteiger charge is 2.22. The highest BCUT2D eigenvalue weighted by atomic mass is 32.2. The Morgan fingerprint density at radius 3 is 2.80 bits per heavy atom. The molecule has 0 radical (unpaired) electrons. The van der Waals surface area contributed by atoms with Crippen LogP contribution in [0.5, 0.6) is 0 Å². The summed E-state index contributed by atoms with van der Waals surface area (Å²) in [6.45, 7) is 2.38. The second-order valence-corrected chi connectivity index (χ2v) is 7.78. The summed E-state index contributed by atoms with van der Waals surface area (Å²) in [5, 5.41) is 5.80. The first-order valence-corrected chi connectivity index (χ1v) is 10.0. The highest BCUT2D eigenvalue weighted by Crippen LogP contribution is 2.34. The number of hydrogen-bond acceptors (Lipinski definition) is 6. The molecule has 1 aliphatic rings. The summed E-state index contributed by atoms with van der Waals surface area (Å²) in [7, 11) is 1.44. The Labute approximate surface area is 153 Å². The fourth-order valence-corrected chi connectivity index (χ4v) is 5.13. The fourth-order valence-electron chi connectivity index (χ4n) is 2.96. The van der Waals surface area contributed by atoms with Crippen molar-refractivity contribution in [3.05, 3.63) is 20.8 Å². The van der Waals surface area contributed by atoms with Crippen molar-refractivity contribution in [3.63, 3.8) is 0 Å². The Kier molecular flexibility index (Phi) is 5.43. The summed E-state index contributed by atoms with van der Waals surface area (Å²) in [4.78, 5) is 42.6. The molecule has 134 valence electrons. The van der Waals surface area contributed by atoms with Gasteiger partial charge >= 0.3 is 6.03 Å². The third-order valence-corrected chi connectivity index (χ3v) is 6.33. The van der Waals surface area contributed by atoms with Gasteiger partial charge in [-0.25, -0.2) is 9.78 Å². The average molecular weight is 380 g/mol. The number of thiophene rings is 1. The van der Waals surface area contributed by atoms with Gasteiger partial charge in [0.25, 0.3) is 5.56 Å². The number of urea groups is 1. The molecule has 2 aromatic rings. The minimum absolute atomic E-state index is 0.0243. The van der Waals surface area contributed by atoms with Gasteiger partial charge in [0.15, 0.2) is 5.16 Å². The van der Waals surface area contributed by atoms with Crippen molar-refractivity contribution in [2.45, 2.75) is 44.3 Å². The zero-order valence-electron chi connectivity index (χ0n) is 14.2. The maximum atomic E-state index is 12.9. The topological polar surface area (TPSA) is 93.1 Å². The molecule has 9 heteroatoms. The summed E-state index contributed by atoms with van der Waals surface area (Å²) >= 11 is 2.77. The van der Waals surface area contributed by atoms with Crippen LogP contribution in [0.25, 0.3) is 10.2 Å². The van der Waals surface area contributed by atoms with Crippen molar-refractivity contribution in [1.29, 1.82) is 0 Å². The van der Waals surface area contributed by atoms with E-state index in [2.05, 4.69) is 15.6 Å². The first-order valence-electron chi connectivity index (χ1n) is 8.24. The molecule has 2 aromatic heterocycles. The molecule has 7 nitrogen and oxygen atoms in total. The van der Waals surface area contributed by atoms with E-state index in [1.54, 1.807) is 15.9 Å². The molecule has 0 atom stereocenters. The number of nitrogens with zero attached hydrogens (tertiary/aromatic N) is 2. The molecule has 0 fully saturated rings. The van der Waals surface area contributed by atoms with Gasteiger partial charge in [-0.2, -0.15) is 0 Å². The number of carbonyl (C=O) groups excluding carboxylic acids is 2. The number of amides is 3. The van der Waals surface area contributed by atoms with Gasteiger partial charge in [-0.3, -0.25) is 19.5 Å². The standard InChI is InChI=1S/C16H20N4O3S2/c1-3-20-14(22)12-9-6-4-5-7-10(9)25-13(12)19-16(20)24-8-11(21)18-15(23)17-2/h3-8H2,1-2H3,(H2,17,18,21,23). The quantitative estimate of drug-likeness (QED) is 0.624. The maximum Gasteiger partial charge on any atom is 0.321 e. The van der Waals surface area contributed by atoms with Crippen molar-refractivity contribution in [2.24, 2.45) is 0 Å². The molecule has 3 rings (SSSR count). The van der Waals surface area contributed by atoms with Crippen LogP contribution in [0.15, 0.2) is 9.95 Å². The van der Waals surface area contributed by atoms with Crippen LogP contribution in [-0.2, 0) is 24.2 Å². The molecule has 1 aliphatic carbocycles. The van der Waals surface area contributed by atoms with Crippen molar-refractivity contribution in [2.75, 3.05) is 12.8 Å². The van der Waals surface area contributed by atoms with Crippen LogP contribution in [0.4, 0.5) is 4.79 Å². The van der Waals surface area contributed by atoms with E-state index in [0.29, 0.717) is 11.7 Å². The summed E-state index contributed by atoms with van der Waals surface area (Å²) in [6, 6.07) is -0.548. The van der Waals surface area contributed by atoms with E-state index in [-0.39, 0.29) is 11.3 Å². The van der Waals surface area contributed by atoms with Crippen molar-refractivity contribution in [3.8, 4) is 0 Å². The normalized spacial score (nSPS) is 13.5. The number of aryl methyl sites for hydroxylation is 2. The highest BCUT2D eigenvalue weighted by molar-refractivity contribution is 7.99. The lowest BCUT2D eigenvalue weighted by atomic mass is 9.97. The molecule has 0 unspecified atom stereocenters. The van der Waals surface area contributed by atoms with Crippen molar-refractivity contribution in [1.82, 2.24) is 20.2 Å². The Hall–Kier alpha value is -1.87. The van der Waals surface area contributed by atoms with E-state index >= 15 is 0 Å². The maximum absolute atomic E-state index is 12.9. The fraction of sp³-hybridized carbons (Fsp3) is 0.500. The Bertz CT molecular complexity index is 888. The van der Waals surface area contributed by atoms with Gasteiger partial charge in [-0.15, -0.1) is 11.3 Å². The van der Waals surface area contributed by atoms with Crippen LogP contribution in [0.1, 0.15) is 30.2 Å². The summed E-state index contributed by atoms with van der Waals surface area (Å²) < 4.78 is 1.61. The van der Waals surface area contributed by atoms with E-state index in [1.807, 2.05) is 6.92 Å². The number of aromatic nitrogens is 2. The Balaban J connectivity index is 1.92. The number of imide groups is 1. The molecular formula is C16H20N4O3S2. The molecule has 0 aromatic carbocycles. The monoisotopic (exact) mass is 380 g/mol. The molecular weight excluding hydrogens is 360 g/mol. The second kappa shape index (κ2) is 7.57. The van der Waals surface area contributed by atoms with Crippen LogP contribution < -0.4 is 16.2 Å². The lowest BCUT2D eigenvalue weighted by Gasteiger charge is -2.12. The van der Waals surface area contributed by atoms with Crippen molar-refractivity contribution < 1.29 is 9.59 Å². The smallest absolute Gasteiger partial charge is 0.321 e. The number of hydrogen-bond donors (Lipinski definition) is 2. The van der Waals surface area contributed by atoms with E-state index < -0.39 is 11.9 Å². The Morgan fingerprint density at radius 2 is 2.08 bits per heavy atom. The molecule has 0 saturated heterocycles. The van der Waals surface area contributed by atoms with Crippen molar-refractivity contribution >= 4 is 45.3 Å². The summed E-state index contributed by atoms with van der Waals surface area (Å²) in [5.74, 6) is -0.400. The van der Waals surface area contributed by atoms with Gasteiger partial charge in [-0.1, -0.05) is 11.8 Å². The molecule has 25 heavy (non-hydrogen) atoms. The number of carbonyl (C=O) groups is 2. The molecule has 2 heterocycles. The van der Waals surface area contributed by atoms with Gasteiger partial charge in [0, 0.05) is 18.5 Å². The van der Waals surface area contributed by atoms with Gasteiger partial charge in [-0.05, 0) is 38.2 Å². The van der Waals surface area contributed by atoms with Crippen LogP contribution in [0.2, 0.25) is 0 Å². The predicted octanol–water partition coefficient (Wildman–Crippen LogP) is 1.90. The number of thioether (sulfide) groups is 1. The largest absolute Gasteiger partial charge is 0.341 e. The first-order chi connectivity index (χ1) is 12.0. The van der Waals surface area contributed by atoms with Crippen LogP contribution in [0, 0.1) is 0 Å². The molecule has 0 spiro atoms. The van der Waals surface area contributed by atoms with Gasteiger partial charge in [0.05, 0.1) is 11.1 Å². The summed E-state index contributed by atoms with van der Waals surface area (Å²) in [5.41, 5.74) is 1.14. The first kappa shape index (κ1) is 17.9. The van der Waals surface area contributed by atoms with E-state index in [4.69, 9.17) is 0 Å². The second-order valence-electron chi connectivity index (χ2n) is 5.75. The summed E-state index contributed by atoms with van der Waals surface area (Å²) in [6.07, 6.45) is 4.22. The SMILES string of the molecule is CCn1c(SCC(=O)NC(=O)NC)nc2sc3c(c2c1=O)CCCC3. The molecule has 3 amide bonds. The lowest BCUT2D eigenvalue weighted by molar-refractivity contribution is -0.117. The molecule has 0 aliphatic heterocycles. The minimum atomic E-state index is -0.548.